The van der Waals surface area contributed by atoms with Gasteiger partial charge in [0, 0.05) is 33.6 Å². The average Bonchev–Trinajstić information content (AvgIpc) is 3.16. The molecule has 0 saturated heterocycles. The van der Waals surface area contributed by atoms with Crippen molar-refractivity contribution in [3.8, 4) is 0 Å². The number of carbonyl (C=O) groups is 1. The first-order valence-electron chi connectivity index (χ1n) is 9.27. The number of hydrogen-bond donors (Lipinski definition) is 2. The van der Waals surface area contributed by atoms with Crippen LogP contribution in [0.25, 0.3) is 0 Å². The Morgan fingerprint density at radius 1 is 1.18 bits per heavy atom. The van der Waals surface area contributed by atoms with Gasteiger partial charge >= 0.3 is 0 Å². The van der Waals surface area contributed by atoms with E-state index in [1.807, 2.05) is 12.1 Å². The van der Waals surface area contributed by atoms with Crippen molar-refractivity contribution in [1.29, 1.82) is 0 Å². The van der Waals surface area contributed by atoms with Gasteiger partial charge in [0.15, 0.2) is 5.96 Å². The molecule has 7 heteroatoms. The van der Waals surface area contributed by atoms with Gasteiger partial charge in [-0.05, 0) is 30.5 Å². The minimum atomic E-state index is -0.0336. The summed E-state index contributed by atoms with van der Waals surface area (Å²) in [4.78, 5) is 17.8. The van der Waals surface area contributed by atoms with E-state index >= 15 is 0 Å². The summed E-state index contributed by atoms with van der Waals surface area (Å²) >= 11 is 0. The third-order valence-corrected chi connectivity index (χ3v) is 4.34. The van der Waals surface area contributed by atoms with Crippen LogP contribution in [0.1, 0.15) is 29.7 Å². The monoisotopic (exact) mass is 498 g/mol. The van der Waals surface area contributed by atoms with Crippen molar-refractivity contribution in [2.24, 2.45) is 4.99 Å². The molecule has 1 atom stereocenters. The maximum absolute atomic E-state index is 11.8. The molecule has 1 aromatic carbocycles. The molecule has 0 saturated carbocycles. The van der Waals surface area contributed by atoms with Crippen molar-refractivity contribution in [3.63, 3.8) is 0 Å². The number of aliphatic imine (C=N–C) groups is 1. The summed E-state index contributed by atoms with van der Waals surface area (Å²) < 4.78 is 5.35. The van der Waals surface area contributed by atoms with Crippen molar-refractivity contribution >= 4 is 35.8 Å². The molecule has 1 heterocycles. The van der Waals surface area contributed by atoms with Crippen molar-refractivity contribution in [1.82, 2.24) is 15.5 Å². The Kier molecular flexibility index (Phi) is 10.7. The van der Waals surface area contributed by atoms with Crippen LogP contribution < -0.4 is 10.6 Å². The number of likely N-dealkylation sites (N-methyl/N-ethyl adjacent to an activating group) is 1. The van der Waals surface area contributed by atoms with Gasteiger partial charge in [-0.15, -0.1) is 24.0 Å². The third kappa shape index (κ3) is 8.33. The molecule has 1 amide bonds. The van der Waals surface area contributed by atoms with Gasteiger partial charge < -0.3 is 20.0 Å². The summed E-state index contributed by atoms with van der Waals surface area (Å²) in [6, 6.07) is 12.4. The lowest BCUT2D eigenvalue weighted by molar-refractivity contribution is -0.127. The van der Waals surface area contributed by atoms with Gasteiger partial charge in [-0.25, -0.2) is 4.99 Å². The molecule has 0 bridgehead atoms. The number of amides is 1. The van der Waals surface area contributed by atoms with Crippen LogP contribution in [0.3, 0.4) is 0 Å². The Hall–Kier alpha value is -2.03. The van der Waals surface area contributed by atoms with Crippen LogP contribution in [-0.4, -0.2) is 50.5 Å². The fourth-order valence-corrected chi connectivity index (χ4v) is 2.48. The second-order valence-corrected chi connectivity index (χ2v) is 6.90. The first kappa shape index (κ1) is 24.0. The molecule has 1 aromatic heterocycles. The van der Waals surface area contributed by atoms with Crippen LogP contribution in [0.2, 0.25) is 0 Å². The largest absolute Gasteiger partial charge is 0.469 e. The van der Waals surface area contributed by atoms with E-state index in [1.165, 1.54) is 11.1 Å². The predicted molar refractivity (Wildman–Crippen MR) is 124 cm³/mol. The number of furan rings is 1. The van der Waals surface area contributed by atoms with E-state index in [0.29, 0.717) is 18.4 Å². The molecule has 2 rings (SSSR count). The first-order valence-corrected chi connectivity index (χ1v) is 9.27. The highest BCUT2D eigenvalue weighted by Crippen LogP contribution is 2.14. The van der Waals surface area contributed by atoms with Crippen LogP contribution in [0.15, 0.2) is 52.1 Å². The van der Waals surface area contributed by atoms with Gasteiger partial charge in [-0.3, -0.25) is 4.79 Å². The Morgan fingerprint density at radius 3 is 2.50 bits per heavy atom. The second-order valence-electron chi connectivity index (χ2n) is 6.90. The number of benzene rings is 1. The molecular formula is C21H31IN4O2. The molecule has 0 aliphatic rings. The topological polar surface area (TPSA) is 69.9 Å². The number of aryl methyl sites for hydroxylation is 1. The maximum Gasteiger partial charge on any atom is 0.243 e. The van der Waals surface area contributed by atoms with E-state index in [0.717, 1.165) is 18.7 Å². The maximum atomic E-state index is 11.8. The lowest BCUT2D eigenvalue weighted by atomic mass is 10.0. The summed E-state index contributed by atoms with van der Waals surface area (Å²) in [7, 11) is 3.46. The summed E-state index contributed by atoms with van der Waals surface area (Å²) in [6.45, 7) is 5.77. The minimum Gasteiger partial charge on any atom is -0.469 e. The summed E-state index contributed by atoms with van der Waals surface area (Å²) in [5, 5.41) is 6.62. The number of hydrogen-bond acceptors (Lipinski definition) is 3. The van der Waals surface area contributed by atoms with Gasteiger partial charge in [0.2, 0.25) is 5.91 Å². The van der Waals surface area contributed by atoms with Crippen LogP contribution in [0.5, 0.6) is 0 Å². The Morgan fingerprint density at radius 2 is 1.89 bits per heavy atom. The van der Waals surface area contributed by atoms with E-state index in [-0.39, 0.29) is 36.4 Å². The van der Waals surface area contributed by atoms with Gasteiger partial charge in [0.1, 0.15) is 12.3 Å². The fraction of sp³-hybridized carbons (Fsp3) is 0.429. The summed E-state index contributed by atoms with van der Waals surface area (Å²) in [6.07, 6.45) is 2.42. The molecule has 0 aliphatic carbocycles. The molecule has 154 valence electrons. The number of nitrogens with one attached hydrogen (secondary N) is 2. The third-order valence-electron chi connectivity index (χ3n) is 4.34. The zero-order valence-electron chi connectivity index (χ0n) is 17.1. The van der Waals surface area contributed by atoms with Crippen LogP contribution in [-0.2, 0) is 11.2 Å². The summed E-state index contributed by atoms with van der Waals surface area (Å²) in [5.74, 6) is 1.84. The molecule has 2 N–H and O–H groups in total. The van der Waals surface area contributed by atoms with Crippen molar-refractivity contribution in [2.75, 3.05) is 33.7 Å². The van der Waals surface area contributed by atoms with E-state index in [9.17, 15) is 4.79 Å². The highest BCUT2D eigenvalue weighted by molar-refractivity contribution is 14.0. The second kappa shape index (κ2) is 12.4. The molecule has 0 spiro atoms. The molecular weight excluding hydrogens is 467 g/mol. The molecule has 2 aromatic rings. The van der Waals surface area contributed by atoms with Gasteiger partial charge in [0.05, 0.1) is 6.26 Å². The SMILES string of the molecule is Cc1ccc(C(C)CNC(=NCC(=O)N(C)C)NCCc2ccco2)cc1.I. The highest BCUT2D eigenvalue weighted by atomic mass is 127. The molecule has 6 nitrogen and oxygen atoms in total. The number of rotatable bonds is 8. The highest BCUT2D eigenvalue weighted by Gasteiger charge is 2.09. The standard InChI is InChI=1S/C21H30N4O2.HI/c1-16-7-9-18(10-8-16)17(2)14-23-21(24-15-20(26)25(3)4)22-12-11-19-6-5-13-27-19;/h5-10,13,17H,11-12,14-15H2,1-4H3,(H2,22,23,24);1H. The minimum absolute atomic E-state index is 0. The van der Waals surface area contributed by atoms with Gasteiger partial charge in [-0.1, -0.05) is 36.8 Å². The number of carbonyl (C=O) groups excluding carboxylic acids is 1. The zero-order chi connectivity index (χ0) is 19.6. The quantitative estimate of drug-likeness (QED) is 0.333. The molecule has 1 unspecified atom stereocenters. The van der Waals surface area contributed by atoms with E-state index < -0.39 is 0 Å². The smallest absolute Gasteiger partial charge is 0.243 e. The Labute approximate surface area is 184 Å². The lowest BCUT2D eigenvalue weighted by Gasteiger charge is -2.17. The first-order chi connectivity index (χ1) is 13.0. The Balaban J connectivity index is 0.00000392. The van der Waals surface area contributed by atoms with Crippen molar-refractivity contribution in [3.05, 3.63) is 59.5 Å². The molecule has 0 radical (unpaired) electrons. The number of guanidine groups is 1. The average molecular weight is 498 g/mol. The van der Waals surface area contributed by atoms with Crippen LogP contribution in [0.4, 0.5) is 0 Å². The summed E-state index contributed by atoms with van der Waals surface area (Å²) in [5.41, 5.74) is 2.52. The molecule has 0 aliphatic heterocycles. The van der Waals surface area contributed by atoms with Crippen LogP contribution >= 0.6 is 24.0 Å². The zero-order valence-corrected chi connectivity index (χ0v) is 19.4. The van der Waals surface area contributed by atoms with E-state index in [4.69, 9.17) is 4.42 Å². The molecule has 28 heavy (non-hydrogen) atoms. The van der Waals surface area contributed by atoms with Gasteiger partial charge in [0.25, 0.3) is 0 Å². The van der Waals surface area contributed by atoms with Crippen molar-refractivity contribution < 1.29 is 9.21 Å². The number of halogens is 1. The predicted octanol–water partition coefficient (Wildman–Crippen LogP) is 3.18. The molecule has 0 fully saturated rings. The van der Waals surface area contributed by atoms with Crippen LogP contribution in [0, 0.1) is 6.92 Å². The van der Waals surface area contributed by atoms with Crippen molar-refractivity contribution in [2.45, 2.75) is 26.2 Å². The Bertz CT molecular complexity index is 727. The number of nitrogens with zero attached hydrogens (tertiary/aromatic N) is 2. The normalized spacial score (nSPS) is 12.1. The van der Waals surface area contributed by atoms with Gasteiger partial charge in [-0.2, -0.15) is 0 Å². The fourth-order valence-electron chi connectivity index (χ4n) is 2.48. The lowest BCUT2D eigenvalue weighted by Crippen LogP contribution is -2.41. The van der Waals surface area contributed by atoms with E-state index in [2.05, 4.69) is 53.7 Å². The van der Waals surface area contributed by atoms with E-state index in [1.54, 1.807) is 25.3 Å².